The van der Waals surface area contributed by atoms with Crippen molar-refractivity contribution in [3.63, 3.8) is 0 Å². The molecule has 0 aliphatic heterocycles. The van der Waals surface area contributed by atoms with Gasteiger partial charge in [0.05, 0.1) is 4.88 Å². The second kappa shape index (κ2) is 5.25. The summed E-state index contributed by atoms with van der Waals surface area (Å²) in [6.07, 6.45) is 1.68. The molecule has 0 radical (unpaired) electrons. The van der Waals surface area contributed by atoms with Crippen LogP contribution in [0.15, 0.2) is 30.5 Å². The molecule has 0 saturated carbocycles. The van der Waals surface area contributed by atoms with Gasteiger partial charge < -0.3 is 10.5 Å². The van der Waals surface area contributed by atoms with Gasteiger partial charge in [0, 0.05) is 6.20 Å². The lowest BCUT2D eigenvalue weighted by Crippen LogP contribution is -2.06. The minimum absolute atomic E-state index is 0.379. The van der Waals surface area contributed by atoms with Crippen LogP contribution < -0.4 is 10.5 Å². The molecule has 0 spiro atoms. The van der Waals surface area contributed by atoms with E-state index in [1.54, 1.807) is 6.20 Å². The summed E-state index contributed by atoms with van der Waals surface area (Å²) >= 11 is 6.34. The second-order valence-electron chi connectivity index (χ2n) is 3.54. The predicted molar refractivity (Wildman–Crippen MR) is 73.5 cm³/mol. The summed E-state index contributed by atoms with van der Waals surface area (Å²) in [6.45, 7) is 2.45. The molecular formula is C12H12N2OS2. The van der Waals surface area contributed by atoms with Gasteiger partial charge in [0.25, 0.3) is 0 Å². The molecule has 1 aromatic heterocycles. The number of nitrogens with zero attached hydrogens (tertiary/aromatic N) is 1. The van der Waals surface area contributed by atoms with Gasteiger partial charge in [-0.05, 0) is 18.6 Å². The predicted octanol–water partition coefficient (Wildman–Crippen LogP) is 2.66. The molecule has 5 heteroatoms. The van der Waals surface area contributed by atoms with Crippen LogP contribution in [0.3, 0.4) is 0 Å². The van der Waals surface area contributed by atoms with Crippen LogP contribution in [-0.2, 0) is 6.61 Å². The zero-order valence-electron chi connectivity index (χ0n) is 9.34. The van der Waals surface area contributed by atoms with Gasteiger partial charge in [-0.2, -0.15) is 0 Å². The lowest BCUT2D eigenvalue weighted by atomic mass is 10.2. The van der Waals surface area contributed by atoms with Crippen molar-refractivity contribution in [3.05, 3.63) is 45.9 Å². The van der Waals surface area contributed by atoms with Crippen molar-refractivity contribution in [3.8, 4) is 5.75 Å². The standard InChI is InChI=1S/C12H12N2OS2/c1-8-4-2-3-5-9(8)15-7-11-14-6-10(17-11)12(13)16/h2-6H,7H2,1H3,(H2,13,16). The van der Waals surface area contributed by atoms with Gasteiger partial charge in [0.2, 0.25) is 0 Å². The molecule has 0 atom stereocenters. The summed E-state index contributed by atoms with van der Waals surface area (Å²) < 4.78 is 5.68. The number of rotatable bonds is 4. The molecular weight excluding hydrogens is 252 g/mol. The van der Waals surface area contributed by atoms with Crippen molar-refractivity contribution in [2.75, 3.05) is 0 Å². The fourth-order valence-electron chi connectivity index (χ4n) is 1.35. The Hall–Kier alpha value is -1.46. The molecule has 0 aliphatic carbocycles. The maximum atomic E-state index is 5.68. The van der Waals surface area contributed by atoms with Crippen LogP contribution >= 0.6 is 23.6 Å². The SMILES string of the molecule is Cc1ccccc1OCc1ncc(C(N)=S)s1. The molecule has 2 aromatic rings. The van der Waals surface area contributed by atoms with Gasteiger partial charge in [-0.3, -0.25) is 0 Å². The lowest BCUT2D eigenvalue weighted by Gasteiger charge is -2.06. The molecule has 17 heavy (non-hydrogen) atoms. The molecule has 0 amide bonds. The number of hydrogen-bond donors (Lipinski definition) is 1. The highest BCUT2D eigenvalue weighted by molar-refractivity contribution is 7.81. The van der Waals surface area contributed by atoms with Gasteiger partial charge in [-0.15, -0.1) is 11.3 Å². The Morgan fingerprint density at radius 1 is 1.47 bits per heavy atom. The number of thiazole rings is 1. The Morgan fingerprint density at radius 2 is 2.24 bits per heavy atom. The van der Waals surface area contributed by atoms with Crippen molar-refractivity contribution >= 4 is 28.5 Å². The first-order valence-electron chi connectivity index (χ1n) is 5.10. The number of nitrogens with two attached hydrogens (primary N) is 1. The highest BCUT2D eigenvalue weighted by atomic mass is 32.1. The second-order valence-corrected chi connectivity index (χ2v) is 5.09. The summed E-state index contributed by atoms with van der Waals surface area (Å²) in [5, 5.41) is 0.871. The third kappa shape index (κ3) is 3.01. The maximum Gasteiger partial charge on any atom is 0.140 e. The van der Waals surface area contributed by atoms with Crippen molar-refractivity contribution in [1.29, 1.82) is 0 Å². The van der Waals surface area contributed by atoms with Crippen LogP contribution in [0.25, 0.3) is 0 Å². The topological polar surface area (TPSA) is 48.1 Å². The summed E-state index contributed by atoms with van der Waals surface area (Å²) in [6, 6.07) is 7.89. The van der Waals surface area contributed by atoms with Crippen LogP contribution in [0, 0.1) is 6.92 Å². The highest BCUT2D eigenvalue weighted by Crippen LogP contribution is 2.19. The van der Waals surface area contributed by atoms with Gasteiger partial charge >= 0.3 is 0 Å². The zero-order chi connectivity index (χ0) is 12.3. The van der Waals surface area contributed by atoms with Gasteiger partial charge in [-0.1, -0.05) is 30.4 Å². The first-order chi connectivity index (χ1) is 8.16. The van der Waals surface area contributed by atoms with E-state index >= 15 is 0 Å². The van der Waals surface area contributed by atoms with E-state index in [9.17, 15) is 0 Å². The van der Waals surface area contributed by atoms with E-state index < -0.39 is 0 Å². The number of ether oxygens (including phenoxy) is 1. The number of hydrogen-bond acceptors (Lipinski definition) is 4. The highest BCUT2D eigenvalue weighted by Gasteiger charge is 2.05. The minimum atomic E-state index is 0.379. The van der Waals surface area contributed by atoms with E-state index in [-0.39, 0.29) is 0 Å². The molecule has 88 valence electrons. The van der Waals surface area contributed by atoms with E-state index in [1.807, 2.05) is 31.2 Å². The minimum Gasteiger partial charge on any atom is -0.486 e. The molecule has 3 nitrogen and oxygen atoms in total. The zero-order valence-corrected chi connectivity index (χ0v) is 11.0. The average Bonchev–Trinajstić information content (AvgIpc) is 2.77. The summed E-state index contributed by atoms with van der Waals surface area (Å²) in [5.74, 6) is 0.875. The molecule has 1 aromatic carbocycles. The fraction of sp³-hybridized carbons (Fsp3) is 0.167. The van der Waals surface area contributed by atoms with Crippen molar-refractivity contribution in [1.82, 2.24) is 4.98 Å². The largest absolute Gasteiger partial charge is 0.486 e. The lowest BCUT2D eigenvalue weighted by molar-refractivity contribution is 0.303. The Labute approximate surface area is 109 Å². The van der Waals surface area contributed by atoms with Crippen molar-refractivity contribution in [2.24, 2.45) is 5.73 Å². The molecule has 0 bridgehead atoms. The third-order valence-corrected chi connectivity index (χ3v) is 3.59. The molecule has 2 rings (SSSR count). The average molecular weight is 264 g/mol. The smallest absolute Gasteiger partial charge is 0.140 e. The van der Waals surface area contributed by atoms with Crippen LogP contribution in [0.1, 0.15) is 15.4 Å². The number of para-hydroxylation sites is 1. The van der Waals surface area contributed by atoms with Crippen LogP contribution in [0.5, 0.6) is 5.75 Å². The number of thiocarbonyl (C=S) groups is 1. The third-order valence-electron chi connectivity index (χ3n) is 2.24. The van der Waals surface area contributed by atoms with Crippen LogP contribution in [-0.4, -0.2) is 9.97 Å². The Kier molecular flexibility index (Phi) is 3.71. The van der Waals surface area contributed by atoms with E-state index in [0.717, 1.165) is 21.2 Å². The van der Waals surface area contributed by atoms with Gasteiger partial charge in [-0.25, -0.2) is 4.98 Å². The first-order valence-corrected chi connectivity index (χ1v) is 6.32. The molecule has 2 N–H and O–H groups in total. The quantitative estimate of drug-likeness (QED) is 0.863. The fourth-order valence-corrected chi connectivity index (χ4v) is 2.21. The van der Waals surface area contributed by atoms with Gasteiger partial charge in [0.15, 0.2) is 0 Å². The number of aryl methyl sites for hydroxylation is 1. The molecule has 0 aliphatic rings. The first kappa shape index (κ1) is 12.0. The normalized spacial score (nSPS) is 10.2. The summed E-state index contributed by atoms with van der Waals surface area (Å²) in [4.78, 5) is 5.41. The summed E-state index contributed by atoms with van der Waals surface area (Å²) in [5.41, 5.74) is 6.63. The van der Waals surface area contributed by atoms with E-state index in [0.29, 0.717) is 11.6 Å². The van der Waals surface area contributed by atoms with E-state index in [1.165, 1.54) is 11.3 Å². The van der Waals surface area contributed by atoms with Crippen LogP contribution in [0.2, 0.25) is 0 Å². The van der Waals surface area contributed by atoms with Gasteiger partial charge in [0.1, 0.15) is 22.4 Å². The van der Waals surface area contributed by atoms with Crippen molar-refractivity contribution in [2.45, 2.75) is 13.5 Å². The van der Waals surface area contributed by atoms with E-state index in [4.69, 9.17) is 22.7 Å². The number of aromatic nitrogens is 1. The molecule has 0 fully saturated rings. The van der Waals surface area contributed by atoms with Crippen LogP contribution in [0.4, 0.5) is 0 Å². The Bertz CT molecular complexity index is 537. The molecule has 1 heterocycles. The Morgan fingerprint density at radius 3 is 2.88 bits per heavy atom. The monoisotopic (exact) mass is 264 g/mol. The number of benzene rings is 1. The Balaban J connectivity index is 2.02. The maximum absolute atomic E-state index is 5.68. The van der Waals surface area contributed by atoms with Crippen molar-refractivity contribution < 1.29 is 4.74 Å². The summed E-state index contributed by atoms with van der Waals surface area (Å²) in [7, 11) is 0. The molecule has 0 saturated heterocycles. The van der Waals surface area contributed by atoms with E-state index in [2.05, 4.69) is 4.98 Å². The molecule has 0 unspecified atom stereocenters.